The standard InChI is InChI=1S/C19H33N3O2/c1-6-19(23,7-2)14-22-18(20-8-3)21-13-16-11-10-15(5)12-17(16)24-9-4/h10-12,23H,6-9,13-14H2,1-5H3,(H2,20,21,22). The molecule has 0 aliphatic carbocycles. The molecule has 0 atom stereocenters. The normalized spacial score (nSPS) is 12.2. The number of nitrogens with one attached hydrogen (secondary N) is 2. The monoisotopic (exact) mass is 335 g/mol. The van der Waals surface area contributed by atoms with E-state index in [-0.39, 0.29) is 0 Å². The molecule has 0 aliphatic heterocycles. The number of aryl methyl sites for hydroxylation is 1. The number of ether oxygens (including phenoxy) is 1. The van der Waals surface area contributed by atoms with Crippen LogP contribution in [0, 0.1) is 6.92 Å². The summed E-state index contributed by atoms with van der Waals surface area (Å²) in [5.41, 5.74) is 1.53. The Morgan fingerprint density at radius 2 is 1.88 bits per heavy atom. The molecule has 0 spiro atoms. The molecule has 0 amide bonds. The molecule has 0 bridgehead atoms. The van der Waals surface area contributed by atoms with Gasteiger partial charge in [0.1, 0.15) is 5.75 Å². The predicted octanol–water partition coefficient (Wildman–Crippen LogP) is 3.00. The van der Waals surface area contributed by atoms with Crippen molar-refractivity contribution in [2.24, 2.45) is 4.99 Å². The smallest absolute Gasteiger partial charge is 0.191 e. The maximum absolute atomic E-state index is 10.4. The molecule has 0 fully saturated rings. The molecular formula is C19H33N3O2. The number of hydrogen-bond acceptors (Lipinski definition) is 3. The Kier molecular flexibility index (Phi) is 8.61. The number of hydrogen-bond donors (Lipinski definition) is 3. The van der Waals surface area contributed by atoms with Crippen molar-refractivity contribution in [3.05, 3.63) is 29.3 Å². The summed E-state index contributed by atoms with van der Waals surface area (Å²) in [6.07, 6.45) is 1.42. The Bertz CT molecular complexity index is 525. The summed E-state index contributed by atoms with van der Waals surface area (Å²) in [6, 6.07) is 6.17. The summed E-state index contributed by atoms with van der Waals surface area (Å²) in [4.78, 5) is 4.63. The van der Waals surface area contributed by atoms with Crippen LogP contribution in [0.1, 0.15) is 51.7 Å². The van der Waals surface area contributed by atoms with Crippen LogP contribution >= 0.6 is 0 Å². The fourth-order valence-corrected chi connectivity index (χ4v) is 2.34. The van der Waals surface area contributed by atoms with Crippen LogP contribution in [0.3, 0.4) is 0 Å². The molecule has 0 aromatic heterocycles. The van der Waals surface area contributed by atoms with Gasteiger partial charge in [-0.2, -0.15) is 0 Å². The zero-order valence-electron chi connectivity index (χ0n) is 15.8. The highest BCUT2D eigenvalue weighted by molar-refractivity contribution is 5.79. The molecule has 0 heterocycles. The van der Waals surface area contributed by atoms with Crippen molar-refractivity contribution in [1.29, 1.82) is 0 Å². The van der Waals surface area contributed by atoms with E-state index >= 15 is 0 Å². The van der Waals surface area contributed by atoms with Crippen LogP contribution in [0.15, 0.2) is 23.2 Å². The molecule has 1 aromatic carbocycles. The lowest BCUT2D eigenvalue weighted by molar-refractivity contribution is 0.0367. The predicted molar refractivity (Wildman–Crippen MR) is 101 cm³/mol. The van der Waals surface area contributed by atoms with Gasteiger partial charge in [-0.15, -0.1) is 0 Å². The van der Waals surface area contributed by atoms with E-state index in [1.54, 1.807) is 0 Å². The highest BCUT2D eigenvalue weighted by Gasteiger charge is 2.22. The van der Waals surface area contributed by atoms with Crippen molar-refractivity contribution < 1.29 is 9.84 Å². The molecule has 1 rings (SSSR count). The second-order valence-corrected chi connectivity index (χ2v) is 6.02. The number of guanidine groups is 1. The highest BCUT2D eigenvalue weighted by Crippen LogP contribution is 2.21. The molecule has 0 radical (unpaired) electrons. The van der Waals surface area contributed by atoms with Gasteiger partial charge in [-0.05, 0) is 45.2 Å². The molecule has 5 heteroatoms. The lowest BCUT2D eigenvalue weighted by Crippen LogP contribution is -2.46. The molecule has 5 nitrogen and oxygen atoms in total. The van der Waals surface area contributed by atoms with Gasteiger partial charge >= 0.3 is 0 Å². The van der Waals surface area contributed by atoms with E-state index in [9.17, 15) is 5.11 Å². The molecule has 1 aromatic rings. The van der Waals surface area contributed by atoms with Gasteiger partial charge in [0.2, 0.25) is 0 Å². The third kappa shape index (κ3) is 6.40. The second kappa shape index (κ2) is 10.2. The second-order valence-electron chi connectivity index (χ2n) is 6.02. The van der Waals surface area contributed by atoms with Crippen molar-refractivity contribution in [2.45, 2.75) is 59.6 Å². The summed E-state index contributed by atoms with van der Waals surface area (Å²) < 4.78 is 5.71. The average molecular weight is 335 g/mol. The van der Waals surface area contributed by atoms with Crippen LogP contribution in [-0.4, -0.2) is 36.4 Å². The van der Waals surface area contributed by atoms with E-state index in [2.05, 4.69) is 34.7 Å². The minimum atomic E-state index is -0.698. The van der Waals surface area contributed by atoms with Crippen LogP contribution in [0.5, 0.6) is 5.75 Å². The molecule has 3 N–H and O–H groups in total. The van der Waals surface area contributed by atoms with Gasteiger partial charge in [0, 0.05) is 18.7 Å². The maximum Gasteiger partial charge on any atom is 0.191 e. The van der Waals surface area contributed by atoms with Gasteiger partial charge in [0.15, 0.2) is 5.96 Å². The first kappa shape index (κ1) is 20.3. The summed E-state index contributed by atoms with van der Waals surface area (Å²) >= 11 is 0. The molecule has 0 unspecified atom stereocenters. The minimum absolute atomic E-state index is 0.484. The zero-order valence-corrected chi connectivity index (χ0v) is 15.8. The van der Waals surface area contributed by atoms with Gasteiger partial charge in [-0.25, -0.2) is 4.99 Å². The van der Waals surface area contributed by atoms with Crippen LogP contribution in [0.4, 0.5) is 0 Å². The SMILES string of the molecule is CCNC(=NCc1ccc(C)cc1OCC)NCC(O)(CC)CC. The molecule has 0 saturated carbocycles. The first-order chi connectivity index (χ1) is 11.5. The molecule has 24 heavy (non-hydrogen) atoms. The zero-order chi connectivity index (χ0) is 18.0. The van der Waals surface area contributed by atoms with E-state index in [0.717, 1.165) is 17.9 Å². The van der Waals surface area contributed by atoms with Crippen LogP contribution in [0.25, 0.3) is 0 Å². The quantitative estimate of drug-likeness (QED) is 0.479. The first-order valence-corrected chi connectivity index (χ1v) is 8.94. The van der Waals surface area contributed by atoms with Crippen molar-refractivity contribution in [3.63, 3.8) is 0 Å². The fraction of sp³-hybridized carbons (Fsp3) is 0.632. The highest BCUT2D eigenvalue weighted by atomic mass is 16.5. The topological polar surface area (TPSA) is 65.9 Å². The molecule has 0 saturated heterocycles. The number of rotatable bonds is 9. The summed E-state index contributed by atoms with van der Waals surface area (Å²) in [5.74, 6) is 1.59. The van der Waals surface area contributed by atoms with E-state index in [1.807, 2.05) is 33.8 Å². The number of aliphatic hydroxyl groups is 1. The van der Waals surface area contributed by atoms with Crippen LogP contribution in [0.2, 0.25) is 0 Å². The summed E-state index contributed by atoms with van der Waals surface area (Å²) in [6.45, 7) is 12.5. The van der Waals surface area contributed by atoms with Gasteiger partial charge in [0.05, 0.1) is 18.8 Å². The number of benzene rings is 1. The lowest BCUT2D eigenvalue weighted by Gasteiger charge is -2.26. The van der Waals surface area contributed by atoms with Crippen LogP contribution in [-0.2, 0) is 6.54 Å². The Hall–Kier alpha value is -1.75. The molecule has 136 valence electrons. The van der Waals surface area contributed by atoms with Gasteiger partial charge in [0.25, 0.3) is 0 Å². The van der Waals surface area contributed by atoms with E-state index < -0.39 is 5.60 Å². The maximum atomic E-state index is 10.4. The van der Waals surface area contributed by atoms with Crippen molar-refractivity contribution in [3.8, 4) is 5.75 Å². The Morgan fingerprint density at radius 3 is 2.46 bits per heavy atom. The summed E-state index contributed by atoms with van der Waals surface area (Å²) in [7, 11) is 0. The molecular weight excluding hydrogens is 302 g/mol. The van der Waals surface area contributed by atoms with Crippen molar-refractivity contribution in [2.75, 3.05) is 19.7 Å². The third-order valence-corrected chi connectivity index (χ3v) is 4.18. The Morgan fingerprint density at radius 1 is 1.17 bits per heavy atom. The third-order valence-electron chi connectivity index (χ3n) is 4.18. The van der Waals surface area contributed by atoms with Crippen LogP contribution < -0.4 is 15.4 Å². The minimum Gasteiger partial charge on any atom is -0.494 e. The number of nitrogens with zero attached hydrogens (tertiary/aromatic N) is 1. The van der Waals surface area contributed by atoms with E-state index in [0.29, 0.717) is 38.5 Å². The van der Waals surface area contributed by atoms with Gasteiger partial charge in [-0.3, -0.25) is 0 Å². The Balaban J connectivity index is 2.82. The average Bonchev–Trinajstić information content (AvgIpc) is 2.58. The first-order valence-electron chi connectivity index (χ1n) is 8.94. The fourth-order valence-electron chi connectivity index (χ4n) is 2.34. The van der Waals surface area contributed by atoms with Crippen molar-refractivity contribution in [1.82, 2.24) is 10.6 Å². The van der Waals surface area contributed by atoms with E-state index in [4.69, 9.17) is 4.74 Å². The van der Waals surface area contributed by atoms with Crippen molar-refractivity contribution >= 4 is 5.96 Å². The van der Waals surface area contributed by atoms with Gasteiger partial charge < -0.3 is 20.5 Å². The lowest BCUT2D eigenvalue weighted by atomic mass is 9.98. The summed E-state index contributed by atoms with van der Waals surface area (Å²) in [5, 5.41) is 16.9. The number of aliphatic imine (C=N–C) groups is 1. The van der Waals surface area contributed by atoms with Gasteiger partial charge in [-0.1, -0.05) is 26.0 Å². The molecule has 0 aliphatic rings. The Labute approximate surface area is 146 Å². The van der Waals surface area contributed by atoms with E-state index in [1.165, 1.54) is 5.56 Å². The largest absolute Gasteiger partial charge is 0.494 e.